The topological polar surface area (TPSA) is 42.4 Å². The first-order valence-electron chi connectivity index (χ1n) is 5.76. The number of rotatable bonds is 4. The highest BCUT2D eigenvalue weighted by atomic mass is 35.5. The smallest absolute Gasteiger partial charge is 0.132 e. The number of benzene rings is 1. The third-order valence-electron chi connectivity index (χ3n) is 2.67. The van der Waals surface area contributed by atoms with Gasteiger partial charge in [-0.25, -0.2) is 4.39 Å². The Hall–Kier alpha value is -1.65. The summed E-state index contributed by atoms with van der Waals surface area (Å²) in [7, 11) is 0. The third kappa shape index (κ3) is 3.43. The number of aromatic nitrogens is 1. The molecule has 2 rings (SSSR count). The first-order chi connectivity index (χ1) is 9.08. The Kier molecular flexibility index (Phi) is 4.35. The molecular weight excluding hydrogens is 269 g/mol. The van der Waals surface area contributed by atoms with Crippen LogP contribution in [-0.4, -0.2) is 10.1 Å². The van der Waals surface area contributed by atoms with Crippen molar-refractivity contribution >= 4 is 11.6 Å². The summed E-state index contributed by atoms with van der Waals surface area (Å²) in [6, 6.07) is 6.10. The van der Waals surface area contributed by atoms with Crippen molar-refractivity contribution in [3.05, 3.63) is 58.6 Å². The highest BCUT2D eigenvalue weighted by Crippen LogP contribution is 2.23. The molecule has 0 aliphatic carbocycles. The standard InChI is InChI=1S/C14H13ClFNO2/c1-9(18)12-3-2-11(6-14(12)16)19-8-10-4-5-17-7-13(10)15/h2-7,9,18H,8H2,1H3/t9-/m1/s1. The average molecular weight is 282 g/mol. The number of hydrogen-bond acceptors (Lipinski definition) is 3. The number of nitrogens with zero attached hydrogens (tertiary/aromatic N) is 1. The quantitative estimate of drug-likeness (QED) is 0.932. The Morgan fingerprint density at radius 2 is 2.21 bits per heavy atom. The van der Waals surface area contributed by atoms with Crippen molar-refractivity contribution in [2.24, 2.45) is 0 Å². The minimum Gasteiger partial charge on any atom is -0.489 e. The Balaban J connectivity index is 2.08. The predicted molar refractivity (Wildman–Crippen MR) is 70.6 cm³/mol. The molecule has 0 bridgehead atoms. The van der Waals surface area contributed by atoms with Gasteiger partial charge in [-0.1, -0.05) is 11.6 Å². The van der Waals surface area contributed by atoms with Crippen LogP contribution >= 0.6 is 11.6 Å². The van der Waals surface area contributed by atoms with Gasteiger partial charge in [-0.3, -0.25) is 4.98 Å². The van der Waals surface area contributed by atoms with E-state index in [0.717, 1.165) is 5.56 Å². The van der Waals surface area contributed by atoms with Crippen molar-refractivity contribution in [2.45, 2.75) is 19.6 Å². The van der Waals surface area contributed by atoms with Crippen LogP contribution in [0.1, 0.15) is 24.2 Å². The fraction of sp³-hybridized carbons (Fsp3) is 0.214. The van der Waals surface area contributed by atoms with E-state index in [-0.39, 0.29) is 12.2 Å². The fourth-order valence-corrected chi connectivity index (χ4v) is 1.79. The maximum Gasteiger partial charge on any atom is 0.132 e. The number of pyridine rings is 1. The Morgan fingerprint density at radius 1 is 1.42 bits per heavy atom. The molecule has 1 heterocycles. The number of aliphatic hydroxyl groups excluding tert-OH is 1. The fourth-order valence-electron chi connectivity index (χ4n) is 1.62. The van der Waals surface area contributed by atoms with Crippen LogP contribution < -0.4 is 4.74 Å². The number of hydrogen-bond donors (Lipinski definition) is 1. The van der Waals surface area contributed by atoms with E-state index >= 15 is 0 Å². The van der Waals surface area contributed by atoms with Crippen LogP contribution in [-0.2, 0) is 6.61 Å². The zero-order valence-corrected chi connectivity index (χ0v) is 11.1. The minimum atomic E-state index is -0.844. The summed E-state index contributed by atoms with van der Waals surface area (Å²) in [5, 5.41) is 9.84. The summed E-state index contributed by atoms with van der Waals surface area (Å²) in [6.07, 6.45) is 2.29. The van der Waals surface area contributed by atoms with E-state index in [9.17, 15) is 9.50 Å². The molecular formula is C14H13ClFNO2. The SMILES string of the molecule is C[C@@H](O)c1ccc(OCc2ccncc2Cl)cc1F. The maximum absolute atomic E-state index is 13.6. The van der Waals surface area contributed by atoms with Crippen molar-refractivity contribution in [1.29, 1.82) is 0 Å². The van der Waals surface area contributed by atoms with Gasteiger partial charge in [-0.15, -0.1) is 0 Å². The van der Waals surface area contributed by atoms with Gasteiger partial charge in [-0.05, 0) is 25.1 Å². The van der Waals surface area contributed by atoms with Crippen LogP contribution in [0.15, 0.2) is 36.7 Å². The molecule has 3 nitrogen and oxygen atoms in total. The van der Waals surface area contributed by atoms with Crippen molar-refractivity contribution < 1.29 is 14.2 Å². The molecule has 0 spiro atoms. The lowest BCUT2D eigenvalue weighted by Crippen LogP contribution is -1.99. The van der Waals surface area contributed by atoms with E-state index in [1.165, 1.54) is 25.3 Å². The first-order valence-corrected chi connectivity index (χ1v) is 6.14. The van der Waals surface area contributed by atoms with Crippen LogP contribution in [0.3, 0.4) is 0 Å². The van der Waals surface area contributed by atoms with E-state index < -0.39 is 11.9 Å². The lowest BCUT2D eigenvalue weighted by atomic mass is 10.1. The number of ether oxygens (including phenoxy) is 1. The molecule has 5 heteroatoms. The molecule has 1 aromatic heterocycles. The van der Waals surface area contributed by atoms with Crippen LogP contribution in [0.4, 0.5) is 4.39 Å². The molecule has 2 aromatic rings. The van der Waals surface area contributed by atoms with Crippen molar-refractivity contribution in [3.63, 3.8) is 0 Å². The Bertz CT molecular complexity index is 575. The molecule has 0 saturated carbocycles. The second kappa shape index (κ2) is 5.99. The van der Waals surface area contributed by atoms with E-state index in [1.54, 1.807) is 18.3 Å². The average Bonchev–Trinajstić information content (AvgIpc) is 2.37. The van der Waals surface area contributed by atoms with Crippen molar-refractivity contribution in [3.8, 4) is 5.75 Å². The van der Waals surface area contributed by atoms with Gasteiger partial charge in [0.05, 0.1) is 11.1 Å². The summed E-state index contributed by atoms with van der Waals surface area (Å²) in [4.78, 5) is 3.87. The molecule has 0 radical (unpaired) electrons. The van der Waals surface area contributed by atoms with Crippen molar-refractivity contribution in [1.82, 2.24) is 4.98 Å². The lowest BCUT2D eigenvalue weighted by molar-refractivity contribution is 0.194. The normalized spacial score (nSPS) is 12.2. The van der Waals surface area contributed by atoms with E-state index in [1.807, 2.05) is 0 Å². The minimum absolute atomic E-state index is 0.231. The molecule has 0 aliphatic rings. The second-order valence-electron chi connectivity index (χ2n) is 4.12. The van der Waals surface area contributed by atoms with Crippen LogP contribution in [0.5, 0.6) is 5.75 Å². The lowest BCUT2D eigenvalue weighted by Gasteiger charge is -2.10. The number of aliphatic hydroxyl groups is 1. The van der Waals surface area contributed by atoms with E-state index in [4.69, 9.17) is 16.3 Å². The Labute approximate surface area is 115 Å². The van der Waals surface area contributed by atoms with Gasteiger partial charge in [-0.2, -0.15) is 0 Å². The molecule has 0 saturated heterocycles. The predicted octanol–water partition coefficient (Wildman–Crippen LogP) is 3.51. The zero-order valence-electron chi connectivity index (χ0n) is 10.3. The molecule has 0 unspecified atom stereocenters. The monoisotopic (exact) mass is 281 g/mol. The summed E-state index contributed by atoms with van der Waals surface area (Å²) in [6.45, 7) is 1.74. The zero-order chi connectivity index (χ0) is 13.8. The molecule has 100 valence electrons. The summed E-state index contributed by atoms with van der Waals surface area (Å²) >= 11 is 5.94. The maximum atomic E-state index is 13.6. The van der Waals surface area contributed by atoms with Gasteiger partial charge in [0.25, 0.3) is 0 Å². The largest absolute Gasteiger partial charge is 0.489 e. The van der Waals surface area contributed by atoms with Crippen LogP contribution in [0, 0.1) is 5.82 Å². The van der Waals surface area contributed by atoms with Gasteiger partial charge >= 0.3 is 0 Å². The van der Waals surface area contributed by atoms with Crippen LogP contribution in [0.2, 0.25) is 5.02 Å². The molecule has 0 amide bonds. The highest BCUT2D eigenvalue weighted by Gasteiger charge is 2.09. The summed E-state index contributed by atoms with van der Waals surface area (Å²) in [5.41, 5.74) is 1.02. The first kappa shape index (κ1) is 13.8. The highest BCUT2D eigenvalue weighted by molar-refractivity contribution is 6.31. The summed E-state index contributed by atoms with van der Waals surface area (Å²) in [5.74, 6) is -0.108. The van der Waals surface area contributed by atoms with Crippen LogP contribution in [0.25, 0.3) is 0 Å². The van der Waals surface area contributed by atoms with E-state index in [0.29, 0.717) is 10.8 Å². The van der Waals surface area contributed by atoms with Gasteiger partial charge in [0.1, 0.15) is 18.2 Å². The van der Waals surface area contributed by atoms with Crippen molar-refractivity contribution in [2.75, 3.05) is 0 Å². The second-order valence-corrected chi connectivity index (χ2v) is 4.52. The van der Waals surface area contributed by atoms with Gasteiger partial charge in [0.15, 0.2) is 0 Å². The van der Waals surface area contributed by atoms with E-state index in [2.05, 4.69) is 4.98 Å². The molecule has 1 aromatic carbocycles. The molecule has 0 fully saturated rings. The molecule has 1 atom stereocenters. The van der Waals surface area contributed by atoms with Gasteiger partial charge < -0.3 is 9.84 Å². The molecule has 1 N–H and O–H groups in total. The van der Waals surface area contributed by atoms with Gasteiger partial charge in [0.2, 0.25) is 0 Å². The summed E-state index contributed by atoms with van der Waals surface area (Å²) < 4.78 is 19.1. The Morgan fingerprint density at radius 3 is 2.84 bits per heavy atom. The van der Waals surface area contributed by atoms with Gasteiger partial charge in [0, 0.05) is 29.6 Å². The molecule has 0 aliphatic heterocycles. The third-order valence-corrected chi connectivity index (χ3v) is 3.01. The number of halogens is 2. The molecule has 19 heavy (non-hydrogen) atoms.